The summed E-state index contributed by atoms with van der Waals surface area (Å²) in [6.07, 6.45) is 2.64. The third-order valence-corrected chi connectivity index (χ3v) is 3.64. The molecule has 4 nitrogen and oxygen atoms in total. The molecule has 6 heteroatoms. The second kappa shape index (κ2) is 9.13. The first-order chi connectivity index (χ1) is 9.15. The quantitative estimate of drug-likeness (QED) is 0.925. The predicted molar refractivity (Wildman–Crippen MR) is 94.1 cm³/mol. The van der Waals surface area contributed by atoms with Crippen LogP contribution in [0.15, 0.2) is 24.3 Å². The lowest BCUT2D eigenvalue weighted by molar-refractivity contribution is -0.120. The average Bonchev–Trinajstić information content (AvgIpc) is 2.58. The minimum absolute atomic E-state index is 0. The van der Waals surface area contributed by atoms with E-state index in [1.165, 1.54) is 0 Å². The van der Waals surface area contributed by atoms with Gasteiger partial charge < -0.3 is 15.5 Å². The van der Waals surface area contributed by atoms with Crippen molar-refractivity contribution in [1.82, 2.24) is 0 Å². The first-order valence-electron chi connectivity index (χ1n) is 7.02. The van der Waals surface area contributed by atoms with E-state index in [0.717, 1.165) is 43.7 Å². The zero-order valence-electron chi connectivity index (χ0n) is 12.6. The van der Waals surface area contributed by atoms with Gasteiger partial charge in [0.25, 0.3) is 0 Å². The summed E-state index contributed by atoms with van der Waals surface area (Å²) in [7, 11) is 2.07. The molecule has 1 aliphatic rings. The summed E-state index contributed by atoms with van der Waals surface area (Å²) in [4.78, 5) is 16.6. The number of carbonyl (C=O) groups is 1. The summed E-state index contributed by atoms with van der Waals surface area (Å²) in [5.74, 6) is 0.0459. The largest absolute Gasteiger partial charge is 0.373 e. The van der Waals surface area contributed by atoms with Gasteiger partial charge in [-0.15, -0.1) is 24.8 Å². The Balaban J connectivity index is 0.00000200. The molecule has 0 aliphatic carbocycles. The summed E-state index contributed by atoms with van der Waals surface area (Å²) in [6.45, 7) is 3.76. The number of amides is 1. The van der Waals surface area contributed by atoms with Gasteiger partial charge in [0.05, 0.1) is 17.4 Å². The Labute approximate surface area is 139 Å². The number of rotatable bonds is 3. The summed E-state index contributed by atoms with van der Waals surface area (Å²) in [5, 5.41) is 0. The first kappa shape index (κ1) is 20.0. The zero-order valence-corrected chi connectivity index (χ0v) is 14.3. The molecule has 0 saturated carbocycles. The molecule has 0 aromatic heterocycles. The molecule has 0 bridgehead atoms. The molecule has 0 saturated heterocycles. The average molecular weight is 334 g/mol. The van der Waals surface area contributed by atoms with Crippen LogP contribution in [0.3, 0.4) is 0 Å². The molecular formula is C15H25Cl2N3O. The number of para-hydroxylation sites is 2. The van der Waals surface area contributed by atoms with Gasteiger partial charge in [0.2, 0.25) is 5.91 Å². The second-order valence-electron chi connectivity index (χ2n) is 5.15. The van der Waals surface area contributed by atoms with Gasteiger partial charge in [-0.05, 0) is 25.0 Å². The minimum atomic E-state index is -0.388. The molecule has 1 unspecified atom stereocenters. The summed E-state index contributed by atoms with van der Waals surface area (Å²) >= 11 is 0. The lowest BCUT2D eigenvalue weighted by Gasteiger charge is -2.26. The maximum atomic E-state index is 12.5. The monoisotopic (exact) mass is 333 g/mol. The molecule has 1 heterocycles. The molecule has 1 atom stereocenters. The molecule has 2 N–H and O–H groups in total. The van der Waals surface area contributed by atoms with Crippen LogP contribution >= 0.6 is 24.8 Å². The molecular weight excluding hydrogens is 309 g/mol. The fourth-order valence-electron chi connectivity index (χ4n) is 2.59. The van der Waals surface area contributed by atoms with E-state index in [0.29, 0.717) is 0 Å². The standard InChI is InChI=1S/C15H23N3O.2ClH/c1-3-7-12(16)15(19)18-11-6-10-17(2)13-8-4-5-9-14(13)18;;/h4-5,8-9,12H,3,6-7,10-11,16H2,1-2H3;2*1H. The van der Waals surface area contributed by atoms with Gasteiger partial charge in [-0.1, -0.05) is 25.5 Å². The topological polar surface area (TPSA) is 49.6 Å². The third kappa shape index (κ3) is 4.50. The van der Waals surface area contributed by atoms with Crippen molar-refractivity contribution in [3.63, 3.8) is 0 Å². The van der Waals surface area contributed by atoms with E-state index in [-0.39, 0.29) is 36.8 Å². The lowest BCUT2D eigenvalue weighted by atomic mass is 10.1. The summed E-state index contributed by atoms with van der Waals surface area (Å²) in [6, 6.07) is 7.67. The van der Waals surface area contributed by atoms with Gasteiger partial charge in [-0.25, -0.2) is 0 Å². The van der Waals surface area contributed by atoms with E-state index in [1.807, 2.05) is 23.1 Å². The SMILES string of the molecule is CCCC(N)C(=O)N1CCCN(C)c2ccccc21.Cl.Cl. The van der Waals surface area contributed by atoms with Crippen molar-refractivity contribution in [2.45, 2.75) is 32.2 Å². The van der Waals surface area contributed by atoms with Gasteiger partial charge >= 0.3 is 0 Å². The maximum Gasteiger partial charge on any atom is 0.243 e. The number of carbonyl (C=O) groups excluding carboxylic acids is 1. The Kier molecular flexibility index (Phi) is 8.71. The van der Waals surface area contributed by atoms with Crippen molar-refractivity contribution in [2.75, 3.05) is 29.9 Å². The van der Waals surface area contributed by atoms with Crippen LogP contribution in [0.25, 0.3) is 0 Å². The highest BCUT2D eigenvalue weighted by Crippen LogP contribution is 2.31. The highest BCUT2D eigenvalue weighted by Gasteiger charge is 2.26. The van der Waals surface area contributed by atoms with E-state index >= 15 is 0 Å². The Bertz CT molecular complexity index is 456. The van der Waals surface area contributed by atoms with E-state index in [9.17, 15) is 4.79 Å². The van der Waals surface area contributed by atoms with Crippen LogP contribution in [0.1, 0.15) is 26.2 Å². The smallest absolute Gasteiger partial charge is 0.243 e. The van der Waals surface area contributed by atoms with E-state index in [1.54, 1.807) is 0 Å². The molecule has 21 heavy (non-hydrogen) atoms. The number of hydrogen-bond donors (Lipinski definition) is 1. The highest BCUT2D eigenvalue weighted by atomic mass is 35.5. The van der Waals surface area contributed by atoms with Crippen molar-refractivity contribution in [1.29, 1.82) is 0 Å². The van der Waals surface area contributed by atoms with Crippen molar-refractivity contribution >= 4 is 42.1 Å². The van der Waals surface area contributed by atoms with Gasteiger partial charge in [-0.2, -0.15) is 0 Å². The van der Waals surface area contributed by atoms with Crippen LogP contribution in [-0.2, 0) is 4.79 Å². The minimum Gasteiger partial charge on any atom is -0.373 e. The van der Waals surface area contributed by atoms with E-state index in [4.69, 9.17) is 5.73 Å². The fraction of sp³-hybridized carbons (Fsp3) is 0.533. The lowest BCUT2D eigenvalue weighted by Crippen LogP contribution is -2.44. The van der Waals surface area contributed by atoms with Crippen molar-refractivity contribution in [3.05, 3.63) is 24.3 Å². The Morgan fingerprint density at radius 2 is 1.86 bits per heavy atom. The predicted octanol–water partition coefficient (Wildman–Crippen LogP) is 2.83. The molecule has 0 radical (unpaired) electrons. The van der Waals surface area contributed by atoms with Gasteiger partial charge in [0.1, 0.15) is 0 Å². The normalized spacial score (nSPS) is 15.2. The Morgan fingerprint density at radius 3 is 2.48 bits per heavy atom. The number of nitrogens with zero attached hydrogens (tertiary/aromatic N) is 2. The Hall–Kier alpha value is -0.970. The number of fused-ring (bicyclic) bond motifs is 1. The number of benzene rings is 1. The van der Waals surface area contributed by atoms with Crippen LogP contribution < -0.4 is 15.5 Å². The number of halogens is 2. The first-order valence-corrected chi connectivity index (χ1v) is 7.02. The van der Waals surface area contributed by atoms with Crippen LogP contribution in [-0.4, -0.2) is 32.1 Å². The molecule has 2 rings (SSSR count). The Morgan fingerprint density at radius 1 is 1.24 bits per heavy atom. The fourth-order valence-corrected chi connectivity index (χ4v) is 2.59. The van der Waals surface area contributed by atoms with Crippen LogP contribution in [0, 0.1) is 0 Å². The zero-order chi connectivity index (χ0) is 13.8. The van der Waals surface area contributed by atoms with Gasteiger partial charge in [-0.3, -0.25) is 4.79 Å². The van der Waals surface area contributed by atoms with E-state index in [2.05, 4.69) is 24.9 Å². The molecule has 1 aliphatic heterocycles. The number of hydrogen-bond acceptors (Lipinski definition) is 3. The van der Waals surface area contributed by atoms with Gasteiger partial charge in [0.15, 0.2) is 0 Å². The molecule has 0 spiro atoms. The summed E-state index contributed by atoms with van der Waals surface area (Å²) in [5.41, 5.74) is 8.09. The molecule has 1 aromatic rings. The van der Waals surface area contributed by atoms with Gasteiger partial charge in [0, 0.05) is 20.1 Å². The van der Waals surface area contributed by atoms with Crippen LogP contribution in [0.5, 0.6) is 0 Å². The maximum absolute atomic E-state index is 12.5. The number of nitrogens with two attached hydrogens (primary N) is 1. The van der Waals surface area contributed by atoms with Crippen molar-refractivity contribution in [3.8, 4) is 0 Å². The highest BCUT2D eigenvalue weighted by molar-refractivity contribution is 6.00. The number of anilines is 2. The molecule has 0 fully saturated rings. The molecule has 1 aromatic carbocycles. The third-order valence-electron chi connectivity index (χ3n) is 3.64. The van der Waals surface area contributed by atoms with E-state index < -0.39 is 0 Å². The van der Waals surface area contributed by atoms with Crippen LogP contribution in [0.2, 0.25) is 0 Å². The van der Waals surface area contributed by atoms with Crippen molar-refractivity contribution < 1.29 is 4.79 Å². The molecule has 1 amide bonds. The summed E-state index contributed by atoms with van der Waals surface area (Å²) < 4.78 is 0. The van der Waals surface area contributed by atoms with Crippen LogP contribution in [0.4, 0.5) is 11.4 Å². The van der Waals surface area contributed by atoms with Crippen molar-refractivity contribution in [2.24, 2.45) is 5.73 Å². The second-order valence-corrected chi connectivity index (χ2v) is 5.15. The molecule has 120 valence electrons.